The van der Waals surface area contributed by atoms with E-state index in [-0.39, 0.29) is 0 Å². The van der Waals surface area contributed by atoms with Crippen molar-refractivity contribution in [3.8, 4) is 0 Å². The third-order valence-corrected chi connectivity index (χ3v) is 5.10. The van der Waals surface area contributed by atoms with Gasteiger partial charge in [0.05, 0.1) is 0 Å². The van der Waals surface area contributed by atoms with Crippen molar-refractivity contribution in [3.63, 3.8) is 0 Å². The summed E-state index contributed by atoms with van der Waals surface area (Å²) in [7, 11) is 3.95. The van der Waals surface area contributed by atoms with E-state index in [2.05, 4.69) is 37.9 Å². The molecule has 0 amide bonds. The molecule has 0 aromatic heterocycles. The second-order valence-electron chi connectivity index (χ2n) is 3.60. The SMILES string of the molecule is CNC1CN(SI)CC12CC2. The summed E-state index contributed by atoms with van der Waals surface area (Å²) in [5.74, 6) is 0. The highest BCUT2D eigenvalue weighted by atomic mass is 127. The number of hydrogen-bond acceptors (Lipinski definition) is 3. The zero-order valence-electron chi connectivity index (χ0n) is 6.64. The van der Waals surface area contributed by atoms with Crippen molar-refractivity contribution in [2.75, 3.05) is 20.1 Å². The van der Waals surface area contributed by atoms with Gasteiger partial charge in [0.1, 0.15) is 0 Å². The van der Waals surface area contributed by atoms with Gasteiger partial charge in [-0.05, 0) is 29.0 Å². The summed E-state index contributed by atoms with van der Waals surface area (Å²) in [5, 5.41) is 3.42. The molecule has 2 rings (SSSR count). The van der Waals surface area contributed by atoms with Crippen LogP contribution in [0, 0.1) is 5.41 Å². The van der Waals surface area contributed by atoms with E-state index in [9.17, 15) is 0 Å². The Balaban J connectivity index is 2.01. The minimum Gasteiger partial charge on any atom is -0.315 e. The molecule has 2 aliphatic rings. The summed E-state index contributed by atoms with van der Waals surface area (Å²) in [6.07, 6.45) is 2.87. The predicted molar refractivity (Wildman–Crippen MR) is 57.7 cm³/mol. The first-order chi connectivity index (χ1) is 5.30. The van der Waals surface area contributed by atoms with E-state index < -0.39 is 0 Å². The second kappa shape index (κ2) is 3.05. The fraction of sp³-hybridized carbons (Fsp3) is 1.00. The van der Waals surface area contributed by atoms with E-state index in [1.165, 1.54) is 25.9 Å². The first-order valence-corrected chi connectivity index (χ1v) is 7.33. The Bertz CT molecular complexity index is 161. The number of rotatable bonds is 2. The third-order valence-electron chi connectivity index (χ3n) is 2.95. The van der Waals surface area contributed by atoms with Gasteiger partial charge in [-0.25, -0.2) is 4.31 Å². The number of nitrogens with one attached hydrogen (secondary N) is 1. The van der Waals surface area contributed by atoms with Crippen LogP contribution in [0.2, 0.25) is 0 Å². The van der Waals surface area contributed by atoms with Crippen LogP contribution >= 0.6 is 30.3 Å². The van der Waals surface area contributed by atoms with Crippen molar-refractivity contribution in [1.82, 2.24) is 9.62 Å². The lowest BCUT2D eigenvalue weighted by molar-refractivity contribution is 0.436. The average molecular weight is 284 g/mol. The van der Waals surface area contributed by atoms with Gasteiger partial charge in [0.15, 0.2) is 0 Å². The van der Waals surface area contributed by atoms with Gasteiger partial charge in [0.25, 0.3) is 0 Å². The zero-order valence-corrected chi connectivity index (χ0v) is 9.61. The summed E-state index contributed by atoms with van der Waals surface area (Å²) >= 11 is 2.38. The number of halogens is 1. The van der Waals surface area contributed by atoms with Gasteiger partial charge >= 0.3 is 0 Å². The Morgan fingerprint density at radius 1 is 1.64 bits per heavy atom. The Morgan fingerprint density at radius 2 is 2.36 bits per heavy atom. The molecule has 0 aromatic carbocycles. The molecule has 11 heavy (non-hydrogen) atoms. The van der Waals surface area contributed by atoms with Gasteiger partial charge in [-0.3, -0.25) is 0 Å². The van der Waals surface area contributed by atoms with Crippen molar-refractivity contribution in [2.45, 2.75) is 18.9 Å². The van der Waals surface area contributed by atoms with E-state index in [4.69, 9.17) is 0 Å². The van der Waals surface area contributed by atoms with Crippen LogP contribution in [0.25, 0.3) is 0 Å². The molecule has 2 fully saturated rings. The van der Waals surface area contributed by atoms with Crippen LogP contribution in [0.15, 0.2) is 0 Å². The van der Waals surface area contributed by atoms with Crippen LogP contribution in [-0.4, -0.2) is 30.5 Å². The maximum atomic E-state index is 3.42. The smallest absolute Gasteiger partial charge is 0.0270 e. The summed E-state index contributed by atoms with van der Waals surface area (Å²) in [6, 6.07) is 0.754. The normalized spacial score (nSPS) is 34.9. The van der Waals surface area contributed by atoms with E-state index in [0.29, 0.717) is 5.41 Å². The number of nitrogens with zero attached hydrogens (tertiary/aromatic N) is 1. The topological polar surface area (TPSA) is 15.3 Å². The highest BCUT2D eigenvalue weighted by Crippen LogP contribution is 2.54. The van der Waals surface area contributed by atoms with Crippen LogP contribution in [-0.2, 0) is 0 Å². The monoisotopic (exact) mass is 284 g/mol. The summed E-state index contributed by atoms with van der Waals surface area (Å²) in [6.45, 7) is 2.52. The largest absolute Gasteiger partial charge is 0.315 e. The van der Waals surface area contributed by atoms with Gasteiger partial charge in [0.2, 0.25) is 0 Å². The van der Waals surface area contributed by atoms with Crippen molar-refractivity contribution in [1.29, 1.82) is 0 Å². The lowest BCUT2D eigenvalue weighted by atomic mass is 10.0. The fourth-order valence-corrected chi connectivity index (χ4v) is 3.45. The molecule has 1 atom stereocenters. The van der Waals surface area contributed by atoms with Crippen molar-refractivity contribution >= 4 is 30.3 Å². The average Bonchev–Trinajstić information content (AvgIpc) is 2.66. The molecule has 1 unspecified atom stereocenters. The summed E-state index contributed by atoms with van der Waals surface area (Å²) < 4.78 is 2.47. The van der Waals surface area contributed by atoms with Crippen LogP contribution in [0.4, 0.5) is 0 Å². The molecule has 0 bridgehead atoms. The maximum Gasteiger partial charge on any atom is 0.0270 e. The molecule has 1 aliphatic heterocycles. The molecule has 64 valence electrons. The lowest BCUT2D eigenvalue weighted by Gasteiger charge is -2.14. The summed E-state index contributed by atoms with van der Waals surface area (Å²) in [4.78, 5) is 0. The standard InChI is InChI=1S/C7H13IN2S/c1-9-6-4-10(11-8)5-7(6)2-3-7/h6,9H,2-5H2,1H3. The minimum atomic E-state index is 0.674. The van der Waals surface area contributed by atoms with Crippen LogP contribution in [0.5, 0.6) is 0 Å². The van der Waals surface area contributed by atoms with E-state index in [1.54, 1.807) is 0 Å². The minimum absolute atomic E-state index is 0.674. The number of hydrogen-bond donors (Lipinski definition) is 1. The van der Waals surface area contributed by atoms with Crippen molar-refractivity contribution < 1.29 is 0 Å². The number of likely N-dealkylation sites (N-methyl/N-ethyl adjacent to an activating group) is 1. The van der Waals surface area contributed by atoms with E-state index >= 15 is 0 Å². The fourth-order valence-electron chi connectivity index (χ4n) is 2.04. The maximum absolute atomic E-state index is 3.42. The molecule has 1 saturated carbocycles. The Hall–Kier alpha value is 1.00. The molecular weight excluding hydrogens is 271 g/mol. The second-order valence-corrected chi connectivity index (χ2v) is 5.43. The molecule has 0 radical (unpaired) electrons. The molecule has 1 aliphatic carbocycles. The molecule has 1 heterocycles. The Kier molecular flexibility index (Phi) is 2.38. The van der Waals surface area contributed by atoms with Gasteiger partial charge in [-0.2, -0.15) is 0 Å². The lowest BCUT2D eigenvalue weighted by Crippen LogP contribution is -2.33. The Morgan fingerprint density at radius 3 is 2.73 bits per heavy atom. The molecule has 0 aromatic rings. The predicted octanol–water partition coefficient (Wildman–Crippen LogP) is 1.67. The highest BCUT2D eigenvalue weighted by molar-refractivity contribution is 14.2. The zero-order chi connectivity index (χ0) is 7.90. The molecule has 1 N–H and O–H groups in total. The van der Waals surface area contributed by atoms with Crippen molar-refractivity contribution in [2.24, 2.45) is 5.41 Å². The molecule has 2 nitrogen and oxygen atoms in total. The molecular formula is C7H13IN2S. The summed E-state index contributed by atoms with van der Waals surface area (Å²) in [5.41, 5.74) is 0.674. The van der Waals surface area contributed by atoms with Gasteiger partial charge in [0, 0.05) is 45.8 Å². The van der Waals surface area contributed by atoms with E-state index in [1.807, 2.05) is 9.12 Å². The van der Waals surface area contributed by atoms with Crippen LogP contribution in [0.3, 0.4) is 0 Å². The first-order valence-electron chi connectivity index (χ1n) is 4.02. The van der Waals surface area contributed by atoms with Gasteiger partial charge in [-0.15, -0.1) is 0 Å². The molecule has 1 spiro atoms. The van der Waals surface area contributed by atoms with E-state index in [0.717, 1.165) is 6.04 Å². The van der Waals surface area contributed by atoms with Crippen LogP contribution < -0.4 is 5.32 Å². The Labute approximate surface area is 84.2 Å². The van der Waals surface area contributed by atoms with Crippen molar-refractivity contribution in [3.05, 3.63) is 0 Å². The third kappa shape index (κ3) is 1.43. The molecule has 4 heteroatoms. The highest BCUT2D eigenvalue weighted by Gasteiger charge is 2.54. The first kappa shape index (κ1) is 8.59. The molecule has 1 saturated heterocycles. The van der Waals surface area contributed by atoms with Gasteiger partial charge in [-0.1, -0.05) is 0 Å². The van der Waals surface area contributed by atoms with Crippen LogP contribution in [0.1, 0.15) is 12.8 Å². The van der Waals surface area contributed by atoms with Gasteiger partial charge < -0.3 is 5.32 Å². The quantitative estimate of drug-likeness (QED) is 0.613.